The molecule has 1 saturated heterocycles. The molecule has 0 amide bonds. The summed E-state index contributed by atoms with van der Waals surface area (Å²) in [5.74, 6) is 0. The van der Waals surface area contributed by atoms with Gasteiger partial charge in [0.15, 0.2) is 6.10 Å². The first-order valence-corrected chi connectivity index (χ1v) is 5.50. The van der Waals surface area contributed by atoms with Gasteiger partial charge in [-0.25, -0.2) is 4.79 Å². The molecule has 74 valence electrons. The van der Waals surface area contributed by atoms with Gasteiger partial charge in [0.25, 0.3) is 3.42 Å². The van der Waals surface area contributed by atoms with Crippen LogP contribution < -0.4 is 0 Å². The molecule has 5 heteroatoms. The summed E-state index contributed by atoms with van der Waals surface area (Å²) in [5.41, 5.74) is 0.868. The lowest BCUT2D eigenvalue weighted by atomic mass is 10.1. The Kier molecular flexibility index (Phi) is 2.53. The number of alkyl halides is 2. The van der Waals surface area contributed by atoms with Crippen molar-refractivity contribution in [3.63, 3.8) is 0 Å². The van der Waals surface area contributed by atoms with Crippen LogP contribution in [0.5, 0.6) is 0 Å². The number of carbonyl (C=O) groups excluding carboxylic acids is 1. The Morgan fingerprint density at radius 3 is 2.36 bits per heavy atom. The van der Waals surface area contributed by atoms with Gasteiger partial charge >= 0.3 is 6.16 Å². The first-order chi connectivity index (χ1) is 6.59. The van der Waals surface area contributed by atoms with Crippen molar-refractivity contribution in [3.05, 3.63) is 35.9 Å². The predicted molar refractivity (Wildman–Crippen MR) is 57.3 cm³/mol. The van der Waals surface area contributed by atoms with Gasteiger partial charge in [0.1, 0.15) is 0 Å². The number of benzene rings is 1. The van der Waals surface area contributed by atoms with Crippen molar-refractivity contribution in [1.29, 1.82) is 0 Å². The summed E-state index contributed by atoms with van der Waals surface area (Å²) in [7, 11) is 0. The Labute approximate surface area is 97.6 Å². The van der Waals surface area contributed by atoms with Gasteiger partial charge in [-0.2, -0.15) is 0 Å². The zero-order valence-electron chi connectivity index (χ0n) is 6.94. The fraction of sp³-hybridized carbons (Fsp3) is 0.222. The highest BCUT2D eigenvalue weighted by Crippen LogP contribution is 2.47. The Bertz CT molecular complexity index is 350. The van der Waals surface area contributed by atoms with Crippen molar-refractivity contribution < 1.29 is 14.3 Å². The molecule has 1 heterocycles. The van der Waals surface area contributed by atoms with E-state index in [0.29, 0.717) is 0 Å². The minimum Gasteiger partial charge on any atom is -0.420 e. The van der Waals surface area contributed by atoms with Crippen LogP contribution in [-0.2, 0) is 9.47 Å². The van der Waals surface area contributed by atoms with Gasteiger partial charge in [-0.05, 0) is 37.4 Å². The highest BCUT2D eigenvalue weighted by atomic mass is 79.9. The first-order valence-electron chi connectivity index (χ1n) is 3.92. The Balaban J connectivity index is 2.32. The highest BCUT2D eigenvalue weighted by molar-refractivity contribution is 9.25. The maximum absolute atomic E-state index is 10.9. The topological polar surface area (TPSA) is 35.5 Å². The Morgan fingerprint density at radius 1 is 1.21 bits per heavy atom. The molecule has 0 saturated carbocycles. The maximum Gasteiger partial charge on any atom is 0.511 e. The molecule has 1 fully saturated rings. The normalized spacial score (nSPS) is 24.1. The second-order valence-corrected chi connectivity index (χ2v) is 6.24. The number of rotatable bonds is 1. The van der Waals surface area contributed by atoms with Gasteiger partial charge < -0.3 is 9.47 Å². The van der Waals surface area contributed by atoms with Crippen LogP contribution in [0.3, 0.4) is 0 Å². The molecule has 0 aromatic heterocycles. The summed E-state index contributed by atoms with van der Waals surface area (Å²) in [6, 6.07) is 9.37. The molecule has 0 spiro atoms. The molecule has 0 aliphatic carbocycles. The van der Waals surface area contributed by atoms with Crippen molar-refractivity contribution in [3.8, 4) is 0 Å². The van der Waals surface area contributed by atoms with E-state index in [0.717, 1.165) is 5.56 Å². The van der Waals surface area contributed by atoms with Crippen molar-refractivity contribution >= 4 is 38.0 Å². The number of cyclic esters (lactones) is 2. The van der Waals surface area contributed by atoms with E-state index in [9.17, 15) is 4.79 Å². The van der Waals surface area contributed by atoms with E-state index in [4.69, 9.17) is 9.47 Å². The lowest BCUT2D eigenvalue weighted by Crippen LogP contribution is -2.18. The Hall–Kier alpha value is -0.550. The molecule has 2 rings (SSSR count). The Morgan fingerprint density at radius 2 is 1.86 bits per heavy atom. The predicted octanol–water partition coefficient (Wildman–Crippen LogP) is 3.34. The third kappa shape index (κ3) is 1.79. The molecule has 0 radical (unpaired) electrons. The summed E-state index contributed by atoms with van der Waals surface area (Å²) in [5, 5.41) is 0. The van der Waals surface area contributed by atoms with Gasteiger partial charge in [0.05, 0.1) is 0 Å². The third-order valence-electron chi connectivity index (χ3n) is 1.84. The van der Waals surface area contributed by atoms with E-state index in [1.54, 1.807) is 0 Å². The van der Waals surface area contributed by atoms with E-state index in [1.807, 2.05) is 30.3 Å². The molecular weight excluding hydrogens is 316 g/mol. The second kappa shape index (κ2) is 3.55. The highest BCUT2D eigenvalue weighted by Gasteiger charge is 2.48. The molecule has 1 atom stereocenters. The van der Waals surface area contributed by atoms with Crippen LogP contribution in [0.15, 0.2) is 30.3 Å². The quantitative estimate of drug-likeness (QED) is 0.588. The largest absolute Gasteiger partial charge is 0.511 e. The third-order valence-corrected chi connectivity index (χ3v) is 3.00. The fourth-order valence-corrected chi connectivity index (χ4v) is 2.22. The van der Waals surface area contributed by atoms with Crippen LogP contribution in [0.4, 0.5) is 4.79 Å². The van der Waals surface area contributed by atoms with E-state index in [2.05, 4.69) is 31.9 Å². The van der Waals surface area contributed by atoms with E-state index < -0.39 is 15.7 Å². The molecule has 1 aliphatic rings. The average Bonchev–Trinajstić information content (AvgIpc) is 2.41. The summed E-state index contributed by atoms with van der Waals surface area (Å²) in [4.78, 5) is 10.9. The van der Waals surface area contributed by atoms with Crippen molar-refractivity contribution in [2.24, 2.45) is 0 Å². The number of hydrogen-bond acceptors (Lipinski definition) is 3. The molecule has 0 N–H and O–H groups in total. The van der Waals surface area contributed by atoms with Gasteiger partial charge in [-0.3, -0.25) is 0 Å². The fourth-order valence-electron chi connectivity index (χ4n) is 1.24. The van der Waals surface area contributed by atoms with Gasteiger partial charge in [0, 0.05) is 0 Å². The minimum atomic E-state index is -0.960. The summed E-state index contributed by atoms with van der Waals surface area (Å²) in [6.07, 6.45) is -1.16. The van der Waals surface area contributed by atoms with E-state index in [1.165, 1.54) is 0 Å². The lowest BCUT2D eigenvalue weighted by Gasteiger charge is -2.17. The standard InChI is InChI=1S/C9H6Br2O3/c10-9(11)7(13-8(12)14-9)6-4-2-1-3-5-6/h1-5,7H. The minimum absolute atomic E-state index is 0.476. The molecular formula is C9H6Br2O3. The molecule has 3 nitrogen and oxygen atoms in total. The van der Waals surface area contributed by atoms with Crippen molar-refractivity contribution in [2.45, 2.75) is 9.52 Å². The van der Waals surface area contributed by atoms with E-state index >= 15 is 0 Å². The van der Waals surface area contributed by atoms with Gasteiger partial charge in [0.2, 0.25) is 0 Å². The molecule has 1 aromatic carbocycles. The molecule has 1 aromatic rings. The first kappa shape index (κ1) is 9.98. The summed E-state index contributed by atoms with van der Waals surface area (Å²) < 4.78 is 8.94. The number of ether oxygens (including phenoxy) is 2. The molecule has 1 aliphatic heterocycles. The van der Waals surface area contributed by atoms with Crippen LogP contribution in [-0.4, -0.2) is 9.57 Å². The van der Waals surface area contributed by atoms with Gasteiger partial charge in [-0.15, -0.1) is 0 Å². The maximum atomic E-state index is 10.9. The average molecular weight is 322 g/mol. The smallest absolute Gasteiger partial charge is 0.420 e. The zero-order chi connectivity index (χ0) is 10.2. The van der Waals surface area contributed by atoms with Crippen LogP contribution in [0.2, 0.25) is 0 Å². The molecule has 1 unspecified atom stereocenters. The number of carbonyl (C=O) groups is 1. The van der Waals surface area contributed by atoms with Crippen LogP contribution in [0.1, 0.15) is 11.7 Å². The molecule has 14 heavy (non-hydrogen) atoms. The second-order valence-electron chi connectivity index (χ2n) is 2.82. The monoisotopic (exact) mass is 320 g/mol. The lowest BCUT2D eigenvalue weighted by molar-refractivity contribution is 0.118. The van der Waals surface area contributed by atoms with E-state index in [-0.39, 0.29) is 0 Å². The summed E-state index contributed by atoms with van der Waals surface area (Å²) in [6.45, 7) is 0. The summed E-state index contributed by atoms with van der Waals surface area (Å²) >= 11 is 6.47. The molecule has 0 bridgehead atoms. The van der Waals surface area contributed by atoms with Crippen molar-refractivity contribution in [2.75, 3.05) is 0 Å². The number of hydrogen-bond donors (Lipinski definition) is 0. The van der Waals surface area contributed by atoms with Crippen LogP contribution in [0.25, 0.3) is 0 Å². The van der Waals surface area contributed by atoms with Crippen molar-refractivity contribution in [1.82, 2.24) is 0 Å². The SMILES string of the molecule is O=C1OC(c2ccccc2)C(Br)(Br)O1. The number of halogens is 2. The van der Waals surface area contributed by atoms with Crippen LogP contribution in [0, 0.1) is 0 Å². The van der Waals surface area contributed by atoms with Gasteiger partial charge in [-0.1, -0.05) is 30.3 Å². The zero-order valence-corrected chi connectivity index (χ0v) is 10.1. The van der Waals surface area contributed by atoms with Crippen LogP contribution >= 0.6 is 31.9 Å².